The molecule has 0 N–H and O–H groups in total. The van der Waals surface area contributed by atoms with Gasteiger partial charge in [-0.25, -0.2) is 0 Å². The molecule has 7 nitrogen and oxygen atoms in total. The van der Waals surface area contributed by atoms with Crippen LogP contribution < -0.4 is 0 Å². The molecular weight excluding hydrogens is 296 g/mol. The van der Waals surface area contributed by atoms with Gasteiger partial charge in [0.25, 0.3) is 5.91 Å². The summed E-state index contributed by atoms with van der Waals surface area (Å²) in [6.07, 6.45) is 3.33. The van der Waals surface area contributed by atoms with Crippen molar-refractivity contribution in [2.24, 2.45) is 0 Å². The van der Waals surface area contributed by atoms with Crippen LogP contribution in [0.4, 0.5) is 0 Å². The Bertz CT molecular complexity index is 594. The molecule has 2 fully saturated rings. The molecule has 2 amide bonds. The zero-order valence-electron chi connectivity index (χ0n) is 13.8. The molecule has 0 saturated carbocycles. The zero-order chi connectivity index (χ0) is 16.4. The van der Waals surface area contributed by atoms with Gasteiger partial charge in [-0.05, 0) is 32.8 Å². The number of aryl methyl sites for hydroxylation is 1. The van der Waals surface area contributed by atoms with Crippen molar-refractivity contribution in [3.8, 4) is 0 Å². The summed E-state index contributed by atoms with van der Waals surface area (Å²) in [7, 11) is 0. The second-order valence-corrected chi connectivity index (χ2v) is 6.30. The van der Waals surface area contributed by atoms with Gasteiger partial charge in [0.05, 0.1) is 13.2 Å². The third-order valence-electron chi connectivity index (χ3n) is 4.83. The summed E-state index contributed by atoms with van der Waals surface area (Å²) in [5.41, 5.74) is -0.362. The second kappa shape index (κ2) is 6.31. The number of rotatable bonds is 3. The van der Waals surface area contributed by atoms with Gasteiger partial charge in [0.2, 0.25) is 5.91 Å². The lowest BCUT2D eigenvalue weighted by Gasteiger charge is -2.39. The van der Waals surface area contributed by atoms with Gasteiger partial charge in [0, 0.05) is 32.4 Å². The maximum atomic E-state index is 13.0. The van der Waals surface area contributed by atoms with Gasteiger partial charge in [-0.1, -0.05) is 0 Å². The Labute approximate surface area is 136 Å². The Morgan fingerprint density at radius 2 is 2.04 bits per heavy atom. The van der Waals surface area contributed by atoms with E-state index in [1.165, 1.54) is 0 Å². The van der Waals surface area contributed by atoms with Crippen molar-refractivity contribution in [3.05, 3.63) is 18.0 Å². The maximum absolute atomic E-state index is 13.0. The number of likely N-dealkylation sites (tertiary alicyclic amines) is 1. The number of amides is 2. The number of carbonyl (C=O) groups is 2. The molecule has 7 heteroatoms. The van der Waals surface area contributed by atoms with Crippen molar-refractivity contribution < 1.29 is 14.3 Å². The lowest BCUT2D eigenvalue weighted by Crippen LogP contribution is -2.58. The third kappa shape index (κ3) is 2.85. The van der Waals surface area contributed by atoms with Crippen LogP contribution in [0.15, 0.2) is 12.3 Å². The molecule has 3 rings (SSSR count). The minimum absolute atomic E-state index is 0.0292. The minimum Gasteiger partial charge on any atom is -0.378 e. The van der Waals surface area contributed by atoms with Gasteiger partial charge in [0.15, 0.2) is 0 Å². The number of nitrogens with zero attached hydrogens (tertiary/aromatic N) is 4. The van der Waals surface area contributed by atoms with Crippen LogP contribution in [0.5, 0.6) is 0 Å². The summed E-state index contributed by atoms with van der Waals surface area (Å²) in [4.78, 5) is 29.3. The zero-order valence-corrected chi connectivity index (χ0v) is 13.8. The van der Waals surface area contributed by atoms with E-state index < -0.39 is 5.54 Å². The van der Waals surface area contributed by atoms with Gasteiger partial charge >= 0.3 is 0 Å². The molecular formula is C16H24N4O3. The first-order chi connectivity index (χ1) is 11.1. The van der Waals surface area contributed by atoms with Gasteiger partial charge in [-0.3, -0.25) is 14.3 Å². The Morgan fingerprint density at radius 3 is 2.70 bits per heavy atom. The summed E-state index contributed by atoms with van der Waals surface area (Å²) in [6.45, 7) is 7.51. The summed E-state index contributed by atoms with van der Waals surface area (Å²) < 4.78 is 7.04. The van der Waals surface area contributed by atoms with Crippen LogP contribution in [0.2, 0.25) is 0 Å². The summed E-state index contributed by atoms with van der Waals surface area (Å²) in [6, 6.07) is 1.73. The number of carbonyl (C=O) groups excluding carboxylic acids is 2. The van der Waals surface area contributed by atoms with E-state index in [2.05, 4.69) is 5.10 Å². The fraction of sp³-hybridized carbons (Fsp3) is 0.688. The first-order valence-corrected chi connectivity index (χ1v) is 8.29. The Kier molecular flexibility index (Phi) is 4.39. The van der Waals surface area contributed by atoms with E-state index in [1.807, 2.05) is 18.7 Å². The monoisotopic (exact) mass is 320 g/mol. The van der Waals surface area contributed by atoms with Crippen LogP contribution in [0.3, 0.4) is 0 Å². The Morgan fingerprint density at radius 1 is 1.30 bits per heavy atom. The van der Waals surface area contributed by atoms with E-state index in [4.69, 9.17) is 4.74 Å². The van der Waals surface area contributed by atoms with E-state index in [0.29, 0.717) is 45.0 Å². The number of ether oxygens (including phenoxy) is 1. The average Bonchev–Trinajstić information content (AvgIpc) is 3.21. The molecule has 3 heterocycles. The van der Waals surface area contributed by atoms with Crippen molar-refractivity contribution in [1.82, 2.24) is 19.6 Å². The first-order valence-electron chi connectivity index (χ1n) is 8.29. The van der Waals surface area contributed by atoms with Crippen LogP contribution in [0, 0.1) is 0 Å². The van der Waals surface area contributed by atoms with Gasteiger partial charge in [-0.2, -0.15) is 5.10 Å². The van der Waals surface area contributed by atoms with Gasteiger partial charge in [0.1, 0.15) is 11.2 Å². The van der Waals surface area contributed by atoms with E-state index in [-0.39, 0.29) is 11.8 Å². The largest absolute Gasteiger partial charge is 0.378 e. The quantitative estimate of drug-likeness (QED) is 0.824. The van der Waals surface area contributed by atoms with E-state index in [0.717, 1.165) is 13.0 Å². The van der Waals surface area contributed by atoms with E-state index >= 15 is 0 Å². The highest BCUT2D eigenvalue weighted by atomic mass is 16.5. The van der Waals surface area contributed by atoms with E-state index in [1.54, 1.807) is 21.8 Å². The summed E-state index contributed by atoms with van der Waals surface area (Å²) in [5, 5.41) is 4.29. The topological polar surface area (TPSA) is 67.7 Å². The maximum Gasteiger partial charge on any atom is 0.275 e. The molecule has 1 aromatic heterocycles. The summed E-state index contributed by atoms with van der Waals surface area (Å²) in [5.74, 6) is -0.125. The highest BCUT2D eigenvalue weighted by Crippen LogP contribution is 2.32. The molecule has 126 valence electrons. The average molecular weight is 320 g/mol. The van der Waals surface area contributed by atoms with Crippen LogP contribution in [0.1, 0.15) is 37.2 Å². The molecule has 2 aliphatic heterocycles. The van der Waals surface area contributed by atoms with Crippen molar-refractivity contribution in [2.45, 2.75) is 38.8 Å². The number of hydrogen-bond donors (Lipinski definition) is 0. The van der Waals surface area contributed by atoms with Crippen LogP contribution in [0.25, 0.3) is 0 Å². The third-order valence-corrected chi connectivity index (χ3v) is 4.83. The molecule has 1 atom stereocenters. The Hall–Kier alpha value is -1.89. The van der Waals surface area contributed by atoms with Crippen molar-refractivity contribution in [1.29, 1.82) is 0 Å². The molecule has 0 spiro atoms. The minimum atomic E-state index is -0.773. The van der Waals surface area contributed by atoms with Crippen molar-refractivity contribution >= 4 is 11.8 Å². The fourth-order valence-corrected chi connectivity index (χ4v) is 3.41. The lowest BCUT2D eigenvalue weighted by atomic mass is 9.96. The molecule has 0 aliphatic carbocycles. The standard InChI is InChI=1S/C16H24N4O3/c1-3-19-8-5-13(17-19)14(21)20-7-4-6-16(20,2)15(22)18-9-11-23-12-10-18/h5,8H,3-4,6-7,9-12H2,1-2H3. The van der Waals surface area contributed by atoms with E-state index in [9.17, 15) is 9.59 Å². The lowest BCUT2D eigenvalue weighted by molar-refractivity contribution is -0.144. The molecule has 1 aromatic rings. The molecule has 0 bridgehead atoms. The van der Waals surface area contributed by atoms with Crippen molar-refractivity contribution in [2.75, 3.05) is 32.8 Å². The first kappa shape index (κ1) is 16.0. The number of morpholine rings is 1. The normalized spacial score (nSPS) is 25.0. The second-order valence-electron chi connectivity index (χ2n) is 6.30. The van der Waals surface area contributed by atoms with Crippen LogP contribution >= 0.6 is 0 Å². The predicted molar refractivity (Wildman–Crippen MR) is 84.0 cm³/mol. The van der Waals surface area contributed by atoms with Gasteiger partial charge in [-0.15, -0.1) is 0 Å². The highest BCUT2D eigenvalue weighted by Gasteiger charge is 2.48. The van der Waals surface area contributed by atoms with Crippen LogP contribution in [-0.4, -0.2) is 69.8 Å². The molecule has 0 aromatic carbocycles. The molecule has 2 aliphatic rings. The predicted octanol–water partition coefficient (Wildman–Crippen LogP) is 0.757. The molecule has 2 saturated heterocycles. The SMILES string of the molecule is CCn1ccc(C(=O)N2CCCC2(C)C(=O)N2CCOCC2)n1. The highest BCUT2D eigenvalue weighted by molar-refractivity contribution is 5.98. The van der Waals surface area contributed by atoms with Gasteiger partial charge < -0.3 is 14.5 Å². The Balaban J connectivity index is 1.80. The molecule has 0 radical (unpaired) electrons. The fourth-order valence-electron chi connectivity index (χ4n) is 3.41. The van der Waals surface area contributed by atoms with Crippen LogP contribution in [-0.2, 0) is 16.1 Å². The molecule has 23 heavy (non-hydrogen) atoms. The van der Waals surface area contributed by atoms with Crippen molar-refractivity contribution in [3.63, 3.8) is 0 Å². The molecule has 1 unspecified atom stereocenters. The number of hydrogen-bond acceptors (Lipinski definition) is 4. The number of aromatic nitrogens is 2. The smallest absolute Gasteiger partial charge is 0.275 e. The summed E-state index contributed by atoms with van der Waals surface area (Å²) >= 11 is 0.